The van der Waals surface area contributed by atoms with Crippen LogP contribution in [0.5, 0.6) is 0 Å². The second-order valence-corrected chi connectivity index (χ2v) is 6.72. The van der Waals surface area contributed by atoms with Crippen molar-refractivity contribution in [3.05, 3.63) is 40.2 Å². The largest absolute Gasteiger partial charge is 0.468 e. The lowest BCUT2D eigenvalue weighted by Crippen LogP contribution is -2.30. The van der Waals surface area contributed by atoms with E-state index in [1.165, 1.54) is 11.6 Å². The monoisotopic (exact) mass is 301 g/mol. The van der Waals surface area contributed by atoms with Crippen LogP contribution >= 0.6 is 11.3 Å². The fraction of sp³-hybridized carbons (Fsp3) is 0.200. The molecule has 0 bridgehead atoms. The zero-order chi connectivity index (χ0) is 13.9. The van der Waals surface area contributed by atoms with Crippen molar-refractivity contribution in [1.82, 2.24) is 10.4 Å². The van der Waals surface area contributed by atoms with E-state index in [0.717, 1.165) is 11.3 Å². The summed E-state index contributed by atoms with van der Waals surface area (Å²) in [5.74, 6) is 4.35. The molecule has 0 unspecified atom stereocenters. The first-order valence-corrected chi connectivity index (χ1v) is 7.88. The highest BCUT2D eigenvalue weighted by Crippen LogP contribution is 2.16. The second-order valence-electron chi connectivity index (χ2n) is 3.71. The molecule has 0 aromatic carbocycles. The van der Waals surface area contributed by atoms with Crippen LogP contribution in [0.1, 0.15) is 21.3 Å². The Hall–Kier alpha value is -1.71. The third-order valence-corrected chi connectivity index (χ3v) is 4.67. The van der Waals surface area contributed by atoms with Crippen LogP contribution in [0.3, 0.4) is 0 Å². The molecule has 2 aromatic heterocycles. The van der Waals surface area contributed by atoms with E-state index in [2.05, 4.69) is 4.98 Å². The van der Waals surface area contributed by atoms with Crippen molar-refractivity contribution in [3.8, 4) is 0 Å². The molecular weight excluding hydrogens is 290 g/mol. The summed E-state index contributed by atoms with van der Waals surface area (Å²) in [5.41, 5.74) is 2.04. The number of aromatic nitrogens is 1. The molecule has 2 rings (SSSR count). The highest BCUT2D eigenvalue weighted by molar-refractivity contribution is 7.89. The molecule has 7 nitrogen and oxygen atoms in total. The number of carbonyl (C=O) groups is 1. The molecule has 0 atom stereocenters. The minimum atomic E-state index is -3.39. The molecule has 0 radical (unpaired) electrons. The summed E-state index contributed by atoms with van der Waals surface area (Å²) in [6.45, 7) is 0. The van der Waals surface area contributed by atoms with Gasteiger partial charge in [0, 0.05) is 5.38 Å². The van der Waals surface area contributed by atoms with Crippen LogP contribution in [-0.2, 0) is 21.3 Å². The van der Waals surface area contributed by atoms with E-state index in [1.807, 2.05) is 5.43 Å². The predicted molar refractivity (Wildman–Crippen MR) is 68.8 cm³/mol. The van der Waals surface area contributed by atoms with Crippen molar-refractivity contribution in [1.29, 1.82) is 0 Å². The molecule has 9 heteroatoms. The summed E-state index contributed by atoms with van der Waals surface area (Å²) in [5, 5.41) is 1.80. The molecule has 19 heavy (non-hydrogen) atoms. The number of thiazole rings is 1. The topological polar surface area (TPSA) is 115 Å². The van der Waals surface area contributed by atoms with E-state index in [0.29, 0.717) is 10.8 Å². The number of rotatable bonds is 5. The van der Waals surface area contributed by atoms with Gasteiger partial charge in [-0.2, -0.15) is 0 Å². The van der Waals surface area contributed by atoms with Crippen LogP contribution in [0.25, 0.3) is 0 Å². The first kappa shape index (κ1) is 13.7. The van der Waals surface area contributed by atoms with Gasteiger partial charge in [0.1, 0.15) is 28.0 Å². The Kier molecular flexibility index (Phi) is 3.98. The molecular formula is C10H11N3O4S2. The van der Waals surface area contributed by atoms with Crippen molar-refractivity contribution < 1.29 is 17.6 Å². The molecule has 0 fully saturated rings. The smallest absolute Gasteiger partial charge is 0.284 e. The summed E-state index contributed by atoms with van der Waals surface area (Å²) in [6, 6.07) is 3.21. The van der Waals surface area contributed by atoms with Crippen molar-refractivity contribution in [3.63, 3.8) is 0 Å². The van der Waals surface area contributed by atoms with Crippen molar-refractivity contribution in [2.45, 2.75) is 11.5 Å². The Labute approximate surface area is 113 Å². The SMILES string of the molecule is NNC(=O)c1csc(CS(=O)(=O)Cc2ccco2)n1. The van der Waals surface area contributed by atoms with Gasteiger partial charge in [-0.15, -0.1) is 11.3 Å². The highest BCUT2D eigenvalue weighted by atomic mass is 32.2. The zero-order valence-corrected chi connectivity index (χ0v) is 11.3. The van der Waals surface area contributed by atoms with Crippen molar-refractivity contribution in [2.75, 3.05) is 0 Å². The number of hydrazine groups is 1. The summed E-state index contributed by atoms with van der Waals surface area (Å²) in [6.07, 6.45) is 1.41. The number of nitrogens with one attached hydrogen (secondary N) is 1. The van der Waals surface area contributed by atoms with Gasteiger partial charge in [0.2, 0.25) is 0 Å². The summed E-state index contributed by atoms with van der Waals surface area (Å²) in [4.78, 5) is 15.1. The summed E-state index contributed by atoms with van der Waals surface area (Å²) in [7, 11) is -3.39. The van der Waals surface area contributed by atoms with E-state index in [4.69, 9.17) is 10.3 Å². The van der Waals surface area contributed by atoms with Gasteiger partial charge >= 0.3 is 0 Å². The number of nitrogen functional groups attached to an aromatic ring is 1. The van der Waals surface area contributed by atoms with Gasteiger partial charge in [0.25, 0.3) is 5.91 Å². The average Bonchev–Trinajstić information content (AvgIpc) is 2.98. The maximum absolute atomic E-state index is 11.9. The van der Waals surface area contributed by atoms with Gasteiger partial charge in [0.15, 0.2) is 9.84 Å². The number of amides is 1. The zero-order valence-electron chi connectivity index (χ0n) is 9.70. The van der Waals surface area contributed by atoms with Crippen molar-refractivity contribution in [2.24, 2.45) is 5.84 Å². The van der Waals surface area contributed by atoms with E-state index in [9.17, 15) is 13.2 Å². The Balaban J connectivity index is 2.08. The van der Waals surface area contributed by atoms with Crippen LogP contribution < -0.4 is 11.3 Å². The number of furan rings is 1. The van der Waals surface area contributed by atoms with Crippen LogP contribution in [0.4, 0.5) is 0 Å². The second kappa shape index (κ2) is 5.51. The quantitative estimate of drug-likeness (QED) is 0.471. The molecule has 0 saturated carbocycles. The Bertz CT molecular complexity index is 661. The first-order valence-electron chi connectivity index (χ1n) is 5.18. The van der Waals surface area contributed by atoms with E-state index in [1.54, 1.807) is 12.1 Å². The lowest BCUT2D eigenvalue weighted by molar-refractivity contribution is 0.0949. The van der Waals surface area contributed by atoms with Gasteiger partial charge in [0.05, 0.1) is 6.26 Å². The summed E-state index contributed by atoms with van der Waals surface area (Å²) >= 11 is 1.10. The summed E-state index contributed by atoms with van der Waals surface area (Å²) < 4.78 is 28.8. The van der Waals surface area contributed by atoms with E-state index >= 15 is 0 Å². The Morgan fingerprint density at radius 1 is 1.47 bits per heavy atom. The normalized spacial score (nSPS) is 11.4. The molecule has 2 aromatic rings. The lowest BCUT2D eigenvalue weighted by atomic mass is 10.5. The van der Waals surface area contributed by atoms with Gasteiger partial charge in [-0.05, 0) is 12.1 Å². The Morgan fingerprint density at radius 2 is 2.26 bits per heavy atom. The van der Waals surface area contributed by atoms with Crippen LogP contribution in [0, 0.1) is 0 Å². The van der Waals surface area contributed by atoms with E-state index in [-0.39, 0.29) is 17.2 Å². The maximum atomic E-state index is 11.9. The number of carbonyl (C=O) groups excluding carboxylic acids is 1. The molecule has 2 heterocycles. The molecule has 102 valence electrons. The molecule has 0 aliphatic heterocycles. The third kappa shape index (κ3) is 3.63. The maximum Gasteiger partial charge on any atom is 0.284 e. The first-order chi connectivity index (χ1) is 9.00. The van der Waals surface area contributed by atoms with Gasteiger partial charge in [-0.25, -0.2) is 19.2 Å². The highest BCUT2D eigenvalue weighted by Gasteiger charge is 2.18. The lowest BCUT2D eigenvalue weighted by Gasteiger charge is -1.99. The molecule has 0 aliphatic rings. The number of nitrogens with zero attached hydrogens (tertiary/aromatic N) is 1. The minimum Gasteiger partial charge on any atom is -0.468 e. The van der Waals surface area contributed by atoms with Gasteiger partial charge < -0.3 is 4.42 Å². The fourth-order valence-corrected chi connectivity index (χ4v) is 3.92. The fourth-order valence-electron chi connectivity index (χ4n) is 1.41. The number of hydrogen-bond donors (Lipinski definition) is 2. The molecule has 1 amide bonds. The number of nitrogens with two attached hydrogens (primary N) is 1. The number of sulfone groups is 1. The van der Waals surface area contributed by atoms with Crippen LogP contribution in [0.15, 0.2) is 28.2 Å². The predicted octanol–water partition coefficient (Wildman–Crippen LogP) is 0.455. The van der Waals surface area contributed by atoms with Gasteiger partial charge in [-0.1, -0.05) is 0 Å². The average molecular weight is 301 g/mol. The van der Waals surface area contributed by atoms with Crippen molar-refractivity contribution >= 4 is 27.1 Å². The standard InChI is InChI=1S/C10H11N3O4S2/c11-13-10(14)8-4-18-9(12-8)6-19(15,16)5-7-2-1-3-17-7/h1-4H,5-6,11H2,(H,13,14). The molecule has 0 aliphatic carbocycles. The van der Waals surface area contributed by atoms with Crippen LogP contribution in [0.2, 0.25) is 0 Å². The molecule has 3 N–H and O–H groups in total. The van der Waals surface area contributed by atoms with Gasteiger partial charge in [-0.3, -0.25) is 10.2 Å². The Morgan fingerprint density at radius 3 is 2.89 bits per heavy atom. The molecule has 0 saturated heterocycles. The minimum absolute atomic E-state index is 0.107. The van der Waals surface area contributed by atoms with Crippen LogP contribution in [-0.4, -0.2) is 19.3 Å². The van der Waals surface area contributed by atoms with E-state index < -0.39 is 15.7 Å². The third-order valence-electron chi connectivity index (χ3n) is 2.20. The molecule has 0 spiro atoms. The number of hydrogen-bond acceptors (Lipinski definition) is 7.